The number of nitrogens with zero attached hydrogens (tertiary/aromatic N) is 2. The van der Waals surface area contributed by atoms with Gasteiger partial charge in [0.25, 0.3) is 5.56 Å². The molecule has 0 amide bonds. The third kappa shape index (κ3) is 3.01. The van der Waals surface area contributed by atoms with Crippen LogP contribution in [-0.4, -0.2) is 27.3 Å². The molecule has 0 saturated carbocycles. The first-order chi connectivity index (χ1) is 12.3. The smallest absolute Gasteiger partial charge is 0.336 e. The monoisotopic (exact) mass is 422 g/mol. The van der Waals surface area contributed by atoms with E-state index in [0.29, 0.717) is 14.8 Å². The fourth-order valence-corrected chi connectivity index (χ4v) is 2.98. The molecule has 3 rings (SSSR count). The number of benzene rings is 2. The Labute approximate surface area is 154 Å². The minimum absolute atomic E-state index is 0.0347. The van der Waals surface area contributed by atoms with Gasteiger partial charge in [-0.05, 0) is 36.4 Å². The highest BCUT2D eigenvalue weighted by molar-refractivity contribution is 9.10. The standard InChI is InChI=1S/C17H12BrFN2O5/c1-26-10-3-5-13-11(7-10)16(24)21(17(25)20(13)8-15(22)23)14-4-2-9(18)6-12(14)19/h2-7H,8H2,1H3,(H,22,23). The van der Waals surface area contributed by atoms with E-state index in [-0.39, 0.29) is 16.6 Å². The van der Waals surface area contributed by atoms with Gasteiger partial charge < -0.3 is 9.84 Å². The van der Waals surface area contributed by atoms with E-state index in [2.05, 4.69) is 15.9 Å². The Balaban J connectivity index is 2.48. The summed E-state index contributed by atoms with van der Waals surface area (Å²) in [5.41, 5.74) is -1.87. The average molecular weight is 423 g/mol. The molecule has 0 aliphatic carbocycles. The van der Waals surface area contributed by atoms with Gasteiger partial charge in [0.2, 0.25) is 0 Å². The number of halogens is 2. The second-order valence-corrected chi connectivity index (χ2v) is 6.30. The van der Waals surface area contributed by atoms with E-state index in [1.165, 1.54) is 37.4 Å². The number of fused-ring (bicyclic) bond motifs is 1. The number of carboxylic acid groups (broad SMARTS) is 1. The average Bonchev–Trinajstić information content (AvgIpc) is 2.59. The maximum atomic E-state index is 14.4. The summed E-state index contributed by atoms with van der Waals surface area (Å²) in [6.45, 7) is -0.680. The van der Waals surface area contributed by atoms with Crippen molar-refractivity contribution >= 4 is 32.8 Å². The second kappa shape index (κ2) is 6.75. The van der Waals surface area contributed by atoms with Gasteiger partial charge in [0, 0.05) is 4.47 Å². The van der Waals surface area contributed by atoms with Gasteiger partial charge in [0.15, 0.2) is 0 Å². The molecule has 134 valence electrons. The van der Waals surface area contributed by atoms with E-state index >= 15 is 0 Å². The summed E-state index contributed by atoms with van der Waals surface area (Å²) in [5.74, 6) is -1.73. The molecule has 26 heavy (non-hydrogen) atoms. The Hall–Kier alpha value is -2.94. The van der Waals surface area contributed by atoms with Crippen LogP contribution in [0.15, 0.2) is 50.5 Å². The molecule has 7 nitrogen and oxygen atoms in total. The largest absolute Gasteiger partial charge is 0.497 e. The lowest BCUT2D eigenvalue weighted by molar-refractivity contribution is -0.137. The van der Waals surface area contributed by atoms with Crippen LogP contribution < -0.4 is 16.0 Å². The zero-order chi connectivity index (χ0) is 19.0. The van der Waals surface area contributed by atoms with Crippen LogP contribution in [0.2, 0.25) is 0 Å². The molecular weight excluding hydrogens is 411 g/mol. The first-order valence-corrected chi connectivity index (χ1v) is 8.13. The van der Waals surface area contributed by atoms with Gasteiger partial charge in [-0.1, -0.05) is 15.9 Å². The summed E-state index contributed by atoms with van der Waals surface area (Å²) >= 11 is 3.11. The first kappa shape index (κ1) is 17.9. The Bertz CT molecular complexity index is 1150. The Kier molecular flexibility index (Phi) is 4.64. The SMILES string of the molecule is COc1ccc2c(c1)c(=O)n(-c1ccc(Br)cc1F)c(=O)n2CC(=O)O. The van der Waals surface area contributed by atoms with Crippen LogP contribution in [0.5, 0.6) is 5.75 Å². The van der Waals surface area contributed by atoms with Gasteiger partial charge in [-0.25, -0.2) is 13.8 Å². The first-order valence-electron chi connectivity index (χ1n) is 7.34. The summed E-state index contributed by atoms with van der Waals surface area (Å²) < 4.78 is 21.4. The molecule has 2 aromatic carbocycles. The van der Waals surface area contributed by atoms with Crippen LogP contribution in [-0.2, 0) is 11.3 Å². The number of hydrogen-bond acceptors (Lipinski definition) is 4. The molecule has 3 aromatic rings. The Morgan fingerprint density at radius 2 is 1.96 bits per heavy atom. The van der Waals surface area contributed by atoms with Crippen LogP contribution in [0, 0.1) is 5.82 Å². The molecule has 0 aliphatic rings. The van der Waals surface area contributed by atoms with Crippen LogP contribution in [0.1, 0.15) is 0 Å². The summed E-state index contributed by atoms with van der Waals surface area (Å²) in [4.78, 5) is 36.8. The number of ether oxygens (including phenoxy) is 1. The molecule has 1 N–H and O–H groups in total. The number of aromatic nitrogens is 2. The number of methoxy groups -OCH3 is 1. The predicted molar refractivity (Wildman–Crippen MR) is 95.7 cm³/mol. The molecule has 0 radical (unpaired) electrons. The summed E-state index contributed by atoms with van der Waals surface area (Å²) in [5, 5.41) is 9.16. The third-order valence-corrected chi connectivity index (χ3v) is 4.29. The normalized spacial score (nSPS) is 10.9. The molecule has 0 saturated heterocycles. The highest BCUT2D eigenvalue weighted by atomic mass is 79.9. The fraction of sp³-hybridized carbons (Fsp3) is 0.118. The van der Waals surface area contributed by atoms with E-state index in [0.717, 1.165) is 10.6 Å². The van der Waals surface area contributed by atoms with E-state index in [1.54, 1.807) is 0 Å². The summed E-state index contributed by atoms with van der Waals surface area (Å²) in [6.07, 6.45) is 0. The number of aliphatic carboxylic acids is 1. The zero-order valence-electron chi connectivity index (χ0n) is 13.4. The molecule has 0 bridgehead atoms. The molecule has 0 aliphatic heterocycles. The maximum Gasteiger partial charge on any atom is 0.336 e. The summed E-state index contributed by atoms with van der Waals surface area (Å²) in [7, 11) is 1.40. The van der Waals surface area contributed by atoms with Crippen LogP contribution in [0.4, 0.5) is 4.39 Å². The molecule has 0 fully saturated rings. The van der Waals surface area contributed by atoms with E-state index in [9.17, 15) is 18.8 Å². The van der Waals surface area contributed by atoms with Crippen molar-refractivity contribution in [2.75, 3.05) is 7.11 Å². The van der Waals surface area contributed by atoms with Crippen LogP contribution in [0.3, 0.4) is 0 Å². The zero-order valence-corrected chi connectivity index (χ0v) is 15.0. The number of rotatable bonds is 4. The lowest BCUT2D eigenvalue weighted by atomic mass is 10.2. The van der Waals surface area contributed by atoms with Gasteiger partial charge in [-0.3, -0.25) is 14.2 Å². The predicted octanol–water partition coefficient (Wildman–Crippen LogP) is 2.15. The second-order valence-electron chi connectivity index (χ2n) is 5.38. The number of carbonyl (C=O) groups is 1. The molecule has 0 spiro atoms. The van der Waals surface area contributed by atoms with Crippen molar-refractivity contribution in [2.24, 2.45) is 0 Å². The van der Waals surface area contributed by atoms with Crippen LogP contribution in [0.25, 0.3) is 16.6 Å². The lowest BCUT2D eigenvalue weighted by Gasteiger charge is -2.14. The summed E-state index contributed by atoms with van der Waals surface area (Å²) in [6, 6.07) is 8.15. The van der Waals surface area contributed by atoms with Gasteiger partial charge in [-0.2, -0.15) is 0 Å². The third-order valence-electron chi connectivity index (χ3n) is 3.79. The van der Waals surface area contributed by atoms with E-state index in [1.807, 2.05) is 0 Å². The molecule has 0 atom stereocenters. The van der Waals surface area contributed by atoms with Gasteiger partial charge >= 0.3 is 11.7 Å². The van der Waals surface area contributed by atoms with Crippen molar-refractivity contribution in [3.05, 3.63) is 67.5 Å². The van der Waals surface area contributed by atoms with Crippen molar-refractivity contribution in [3.63, 3.8) is 0 Å². The molecule has 0 unspecified atom stereocenters. The number of hydrogen-bond donors (Lipinski definition) is 1. The van der Waals surface area contributed by atoms with Crippen molar-refractivity contribution in [1.29, 1.82) is 0 Å². The highest BCUT2D eigenvalue weighted by Crippen LogP contribution is 2.20. The van der Waals surface area contributed by atoms with E-state index < -0.39 is 29.6 Å². The van der Waals surface area contributed by atoms with Gasteiger partial charge in [0.1, 0.15) is 18.1 Å². The van der Waals surface area contributed by atoms with Crippen molar-refractivity contribution in [2.45, 2.75) is 6.54 Å². The molecular formula is C17H12BrFN2O5. The lowest BCUT2D eigenvalue weighted by Crippen LogP contribution is -2.40. The van der Waals surface area contributed by atoms with Crippen molar-refractivity contribution < 1.29 is 19.0 Å². The fourth-order valence-electron chi connectivity index (χ4n) is 2.64. The minimum atomic E-state index is -1.27. The van der Waals surface area contributed by atoms with Gasteiger partial charge in [0.05, 0.1) is 23.7 Å². The van der Waals surface area contributed by atoms with E-state index in [4.69, 9.17) is 9.84 Å². The minimum Gasteiger partial charge on any atom is -0.497 e. The molecule has 1 heterocycles. The molecule has 9 heteroatoms. The number of carboxylic acids is 1. The van der Waals surface area contributed by atoms with Crippen molar-refractivity contribution in [3.8, 4) is 11.4 Å². The van der Waals surface area contributed by atoms with Crippen molar-refractivity contribution in [1.82, 2.24) is 9.13 Å². The van der Waals surface area contributed by atoms with Crippen LogP contribution >= 0.6 is 15.9 Å². The Morgan fingerprint density at radius 3 is 2.58 bits per heavy atom. The van der Waals surface area contributed by atoms with Gasteiger partial charge in [-0.15, -0.1) is 0 Å². The quantitative estimate of drug-likeness (QED) is 0.695. The Morgan fingerprint density at radius 1 is 1.23 bits per heavy atom. The topological polar surface area (TPSA) is 90.5 Å². The maximum absolute atomic E-state index is 14.4. The highest BCUT2D eigenvalue weighted by Gasteiger charge is 2.19. The molecule has 1 aromatic heterocycles.